The molecule has 0 fully saturated rings. The Morgan fingerprint density at radius 1 is 1.28 bits per heavy atom. The maximum absolute atomic E-state index is 4.36. The molecule has 0 spiro atoms. The number of nitrogens with zero attached hydrogens (tertiary/aromatic N) is 4. The van der Waals surface area contributed by atoms with Gasteiger partial charge in [0, 0.05) is 6.42 Å². The Kier molecular flexibility index (Phi) is 4.23. The zero-order valence-electron chi connectivity index (χ0n) is 10.7. The second-order valence-corrected chi connectivity index (χ2v) is 4.29. The summed E-state index contributed by atoms with van der Waals surface area (Å²) in [6.07, 6.45) is 5.00. The van der Waals surface area contributed by atoms with E-state index >= 15 is 0 Å². The summed E-state index contributed by atoms with van der Waals surface area (Å²) < 4.78 is 0. The first kappa shape index (κ1) is 12.5. The lowest BCUT2D eigenvalue weighted by molar-refractivity contribution is 0.569. The van der Waals surface area contributed by atoms with E-state index < -0.39 is 0 Å². The molecule has 1 aromatic heterocycles. The van der Waals surface area contributed by atoms with Crippen molar-refractivity contribution in [2.45, 2.75) is 32.7 Å². The zero-order chi connectivity index (χ0) is 12.8. The van der Waals surface area contributed by atoms with Gasteiger partial charge < -0.3 is 0 Å². The number of unbranched alkanes of at least 4 members (excludes halogenated alkanes) is 1. The van der Waals surface area contributed by atoms with Crippen molar-refractivity contribution >= 4 is 6.08 Å². The van der Waals surface area contributed by atoms with E-state index in [0.29, 0.717) is 6.54 Å². The van der Waals surface area contributed by atoms with E-state index in [1.807, 2.05) is 18.2 Å². The summed E-state index contributed by atoms with van der Waals surface area (Å²) in [7, 11) is 0. The normalized spacial score (nSPS) is 10.5. The second kappa shape index (κ2) is 6.10. The molecule has 0 unspecified atom stereocenters. The Bertz CT molecular complexity index is 499. The van der Waals surface area contributed by atoms with E-state index in [1.165, 1.54) is 5.56 Å². The van der Waals surface area contributed by atoms with Crippen molar-refractivity contribution in [3.05, 3.63) is 47.8 Å². The minimum absolute atomic E-state index is 0.663. The molecule has 0 radical (unpaired) electrons. The molecule has 0 amide bonds. The molecular weight excluding hydrogens is 224 g/mol. The Morgan fingerprint density at radius 3 is 2.72 bits per heavy atom. The summed E-state index contributed by atoms with van der Waals surface area (Å²) in [4.78, 5) is 1.65. The molecule has 0 saturated heterocycles. The standard InChI is InChI=1S/C14H18N4/c1-3-5-6-14-15-17-18(16-14)11-13-9-7-12(4-2)8-10-13/h4,7-10H,2-3,5-6,11H2,1H3. The van der Waals surface area contributed by atoms with Crippen LogP contribution in [-0.2, 0) is 13.0 Å². The highest BCUT2D eigenvalue weighted by atomic mass is 15.6. The van der Waals surface area contributed by atoms with Crippen LogP contribution in [0.5, 0.6) is 0 Å². The number of tetrazole rings is 1. The van der Waals surface area contributed by atoms with Crippen molar-refractivity contribution in [1.82, 2.24) is 20.2 Å². The fraction of sp³-hybridized carbons (Fsp3) is 0.357. The first-order valence-corrected chi connectivity index (χ1v) is 6.30. The SMILES string of the molecule is C=Cc1ccc(Cn2nnc(CCCC)n2)cc1. The predicted octanol–water partition coefficient (Wildman–Crippen LogP) is 2.71. The Labute approximate surface area is 107 Å². The van der Waals surface area contributed by atoms with Crippen molar-refractivity contribution in [3.8, 4) is 0 Å². The van der Waals surface area contributed by atoms with E-state index in [0.717, 1.165) is 30.7 Å². The molecule has 1 heterocycles. The molecule has 94 valence electrons. The maximum Gasteiger partial charge on any atom is 0.174 e. The van der Waals surface area contributed by atoms with Crippen molar-refractivity contribution in [2.24, 2.45) is 0 Å². The van der Waals surface area contributed by atoms with Crippen molar-refractivity contribution < 1.29 is 0 Å². The number of aryl methyl sites for hydroxylation is 1. The third-order valence-corrected chi connectivity index (χ3v) is 2.79. The molecular formula is C14H18N4. The highest BCUT2D eigenvalue weighted by Crippen LogP contribution is 2.06. The molecule has 0 aliphatic heterocycles. The van der Waals surface area contributed by atoms with Gasteiger partial charge >= 0.3 is 0 Å². The monoisotopic (exact) mass is 242 g/mol. The third-order valence-electron chi connectivity index (χ3n) is 2.79. The minimum Gasteiger partial charge on any atom is -0.160 e. The van der Waals surface area contributed by atoms with Crippen LogP contribution in [0, 0.1) is 0 Å². The Hall–Kier alpha value is -1.97. The molecule has 0 atom stereocenters. The number of benzene rings is 1. The van der Waals surface area contributed by atoms with Crippen LogP contribution in [0.4, 0.5) is 0 Å². The van der Waals surface area contributed by atoms with Gasteiger partial charge in [-0.25, -0.2) is 0 Å². The van der Waals surface area contributed by atoms with Gasteiger partial charge in [-0.1, -0.05) is 50.3 Å². The molecule has 18 heavy (non-hydrogen) atoms. The summed E-state index contributed by atoms with van der Waals surface area (Å²) in [5, 5.41) is 12.5. The number of hydrogen-bond donors (Lipinski definition) is 0. The highest BCUT2D eigenvalue weighted by Gasteiger charge is 2.02. The molecule has 4 nitrogen and oxygen atoms in total. The number of rotatable bonds is 6. The lowest BCUT2D eigenvalue weighted by Gasteiger charge is -2.00. The van der Waals surface area contributed by atoms with Crippen LogP contribution in [0.15, 0.2) is 30.8 Å². The van der Waals surface area contributed by atoms with Crippen LogP contribution >= 0.6 is 0 Å². The minimum atomic E-state index is 0.663. The lowest BCUT2D eigenvalue weighted by atomic mass is 10.1. The first-order valence-electron chi connectivity index (χ1n) is 6.30. The van der Waals surface area contributed by atoms with Crippen LogP contribution < -0.4 is 0 Å². The summed E-state index contributed by atoms with van der Waals surface area (Å²) in [5.74, 6) is 0.833. The predicted molar refractivity (Wildman–Crippen MR) is 72.1 cm³/mol. The summed E-state index contributed by atoms with van der Waals surface area (Å²) in [5.41, 5.74) is 2.29. The molecule has 2 aromatic rings. The average molecular weight is 242 g/mol. The van der Waals surface area contributed by atoms with E-state index in [1.54, 1.807) is 4.80 Å². The van der Waals surface area contributed by atoms with Gasteiger partial charge in [-0.05, 0) is 22.8 Å². The molecule has 0 bridgehead atoms. The average Bonchev–Trinajstić information content (AvgIpc) is 2.85. The molecule has 0 N–H and O–H groups in total. The topological polar surface area (TPSA) is 43.6 Å². The maximum atomic E-state index is 4.36. The van der Waals surface area contributed by atoms with E-state index in [2.05, 4.69) is 41.0 Å². The molecule has 0 saturated carbocycles. The van der Waals surface area contributed by atoms with Gasteiger partial charge in [-0.3, -0.25) is 0 Å². The quantitative estimate of drug-likeness (QED) is 0.782. The first-order chi connectivity index (χ1) is 8.81. The smallest absolute Gasteiger partial charge is 0.160 e. The number of hydrogen-bond acceptors (Lipinski definition) is 3. The van der Waals surface area contributed by atoms with Gasteiger partial charge in [0.05, 0.1) is 6.54 Å². The van der Waals surface area contributed by atoms with Gasteiger partial charge in [-0.2, -0.15) is 4.80 Å². The van der Waals surface area contributed by atoms with Gasteiger partial charge in [-0.15, -0.1) is 10.2 Å². The van der Waals surface area contributed by atoms with Crippen LogP contribution in [0.2, 0.25) is 0 Å². The van der Waals surface area contributed by atoms with E-state index in [4.69, 9.17) is 0 Å². The van der Waals surface area contributed by atoms with Crippen molar-refractivity contribution in [2.75, 3.05) is 0 Å². The summed E-state index contributed by atoms with van der Waals surface area (Å²) >= 11 is 0. The van der Waals surface area contributed by atoms with Gasteiger partial charge in [0.15, 0.2) is 5.82 Å². The highest BCUT2D eigenvalue weighted by molar-refractivity contribution is 5.47. The van der Waals surface area contributed by atoms with Crippen LogP contribution in [0.25, 0.3) is 6.08 Å². The van der Waals surface area contributed by atoms with E-state index in [-0.39, 0.29) is 0 Å². The molecule has 4 heteroatoms. The fourth-order valence-corrected chi connectivity index (χ4v) is 1.70. The van der Waals surface area contributed by atoms with E-state index in [9.17, 15) is 0 Å². The Morgan fingerprint density at radius 2 is 2.06 bits per heavy atom. The summed E-state index contributed by atoms with van der Waals surface area (Å²) in [6, 6.07) is 8.20. The van der Waals surface area contributed by atoms with Crippen LogP contribution in [0.3, 0.4) is 0 Å². The van der Waals surface area contributed by atoms with Crippen molar-refractivity contribution in [3.63, 3.8) is 0 Å². The molecule has 0 aliphatic rings. The molecule has 0 aliphatic carbocycles. The van der Waals surface area contributed by atoms with Crippen LogP contribution in [0.1, 0.15) is 36.7 Å². The number of aromatic nitrogens is 4. The Balaban J connectivity index is 1.99. The van der Waals surface area contributed by atoms with Crippen molar-refractivity contribution in [1.29, 1.82) is 0 Å². The van der Waals surface area contributed by atoms with Crippen LogP contribution in [-0.4, -0.2) is 20.2 Å². The van der Waals surface area contributed by atoms with Gasteiger partial charge in [0.25, 0.3) is 0 Å². The second-order valence-electron chi connectivity index (χ2n) is 4.29. The summed E-state index contributed by atoms with van der Waals surface area (Å²) in [6.45, 7) is 6.56. The fourth-order valence-electron chi connectivity index (χ4n) is 1.70. The molecule has 2 rings (SSSR count). The van der Waals surface area contributed by atoms with Gasteiger partial charge in [0.1, 0.15) is 0 Å². The molecule has 1 aromatic carbocycles. The zero-order valence-corrected chi connectivity index (χ0v) is 10.7. The largest absolute Gasteiger partial charge is 0.174 e. The lowest BCUT2D eigenvalue weighted by Crippen LogP contribution is -2.04. The third kappa shape index (κ3) is 3.26. The van der Waals surface area contributed by atoms with Gasteiger partial charge in [0.2, 0.25) is 0 Å².